The second-order valence-electron chi connectivity index (χ2n) is 6.55. The molecule has 0 aliphatic rings. The lowest BCUT2D eigenvalue weighted by atomic mass is 10.1. The minimum Gasteiger partial charge on any atom is -0.493 e. The molecule has 0 aliphatic heterocycles. The van der Waals surface area contributed by atoms with Crippen LogP contribution in [0.5, 0.6) is 5.75 Å². The van der Waals surface area contributed by atoms with Crippen molar-refractivity contribution >= 4 is 21.9 Å². The molecule has 6 heteroatoms. The minimum atomic E-state index is -0.344. The van der Waals surface area contributed by atoms with E-state index in [1.165, 1.54) is 0 Å². The largest absolute Gasteiger partial charge is 0.493 e. The molecule has 0 amide bonds. The summed E-state index contributed by atoms with van der Waals surface area (Å²) in [5.41, 5.74) is 2.90. The number of nitrogens with zero attached hydrogens (tertiary/aromatic N) is 1. The van der Waals surface area contributed by atoms with Gasteiger partial charge in [0.05, 0.1) is 18.9 Å². The van der Waals surface area contributed by atoms with Gasteiger partial charge >= 0.3 is 5.97 Å². The zero-order chi connectivity index (χ0) is 20.6. The van der Waals surface area contributed by atoms with Gasteiger partial charge in [-0.15, -0.1) is 0 Å². The number of rotatable bonds is 9. The molecule has 0 radical (unpaired) electrons. The fourth-order valence-electron chi connectivity index (χ4n) is 2.87. The van der Waals surface area contributed by atoms with Crippen molar-refractivity contribution in [1.29, 1.82) is 0 Å². The van der Waals surface area contributed by atoms with E-state index in [4.69, 9.17) is 13.9 Å². The number of carbonyl (C=O) groups is 1. The summed E-state index contributed by atoms with van der Waals surface area (Å²) in [4.78, 5) is 16.0. The van der Waals surface area contributed by atoms with Gasteiger partial charge in [0.15, 0.2) is 0 Å². The molecule has 152 valence electrons. The highest BCUT2D eigenvalue weighted by atomic mass is 79.9. The van der Waals surface area contributed by atoms with Gasteiger partial charge in [0.2, 0.25) is 5.89 Å². The van der Waals surface area contributed by atoms with Crippen LogP contribution in [0.3, 0.4) is 0 Å². The van der Waals surface area contributed by atoms with Crippen molar-refractivity contribution in [3.8, 4) is 17.2 Å². The summed E-state index contributed by atoms with van der Waals surface area (Å²) in [6, 6.07) is 17.6. The Labute approximate surface area is 179 Å². The summed E-state index contributed by atoms with van der Waals surface area (Å²) in [6.45, 7) is 4.60. The minimum absolute atomic E-state index is 0.245. The molecule has 3 aromatic rings. The SMILES string of the molecule is CCOC(=O)C(Br)Cc1ccc(OCCc2nc(-c3ccccc3)oc2C)cc1. The Kier molecular flexibility index (Phi) is 7.47. The molecule has 1 heterocycles. The summed E-state index contributed by atoms with van der Waals surface area (Å²) < 4.78 is 16.6. The fraction of sp³-hybridized carbons (Fsp3) is 0.304. The average Bonchev–Trinajstić information content (AvgIpc) is 3.11. The zero-order valence-electron chi connectivity index (χ0n) is 16.6. The number of carbonyl (C=O) groups excluding carboxylic acids is 1. The normalized spacial score (nSPS) is 11.8. The second-order valence-corrected chi connectivity index (χ2v) is 7.66. The Morgan fingerprint density at radius 3 is 2.55 bits per heavy atom. The number of aromatic nitrogens is 1. The summed E-state index contributed by atoms with van der Waals surface area (Å²) in [6.07, 6.45) is 1.23. The highest BCUT2D eigenvalue weighted by Gasteiger charge is 2.16. The molecular formula is C23H24BrNO4. The Hall–Kier alpha value is -2.60. The Bertz CT molecular complexity index is 922. The maximum absolute atomic E-state index is 11.7. The van der Waals surface area contributed by atoms with Crippen LogP contribution in [-0.2, 0) is 22.4 Å². The molecule has 1 atom stereocenters. The molecule has 0 spiro atoms. The summed E-state index contributed by atoms with van der Waals surface area (Å²) in [5, 5.41) is 0. The first-order valence-corrected chi connectivity index (χ1v) is 10.5. The van der Waals surface area contributed by atoms with E-state index in [-0.39, 0.29) is 10.8 Å². The first-order valence-electron chi connectivity index (χ1n) is 9.61. The number of alkyl halides is 1. The number of esters is 1. The number of benzene rings is 2. The highest BCUT2D eigenvalue weighted by Crippen LogP contribution is 2.22. The van der Waals surface area contributed by atoms with Crippen LogP contribution in [0.2, 0.25) is 0 Å². The van der Waals surface area contributed by atoms with Crippen molar-refractivity contribution in [1.82, 2.24) is 4.98 Å². The van der Waals surface area contributed by atoms with Crippen LogP contribution in [-0.4, -0.2) is 29.0 Å². The third-order valence-corrected chi connectivity index (χ3v) is 5.10. The molecule has 0 fully saturated rings. The Morgan fingerprint density at radius 2 is 1.86 bits per heavy atom. The van der Waals surface area contributed by atoms with Crippen LogP contribution < -0.4 is 4.74 Å². The van der Waals surface area contributed by atoms with Crippen LogP contribution in [0.25, 0.3) is 11.5 Å². The van der Waals surface area contributed by atoms with E-state index in [0.717, 1.165) is 28.3 Å². The van der Waals surface area contributed by atoms with Gasteiger partial charge in [0.25, 0.3) is 0 Å². The number of oxazole rings is 1. The lowest BCUT2D eigenvalue weighted by Gasteiger charge is -2.10. The number of ether oxygens (including phenoxy) is 2. The van der Waals surface area contributed by atoms with Crippen molar-refractivity contribution in [2.24, 2.45) is 0 Å². The number of hydrogen-bond donors (Lipinski definition) is 0. The second kappa shape index (κ2) is 10.3. The maximum Gasteiger partial charge on any atom is 0.320 e. The average molecular weight is 458 g/mol. The van der Waals surface area contributed by atoms with Gasteiger partial charge in [-0.25, -0.2) is 4.98 Å². The molecule has 1 aromatic heterocycles. The van der Waals surface area contributed by atoms with E-state index in [0.29, 0.717) is 31.9 Å². The summed E-state index contributed by atoms with van der Waals surface area (Å²) in [7, 11) is 0. The lowest BCUT2D eigenvalue weighted by Crippen LogP contribution is -2.19. The fourth-order valence-corrected chi connectivity index (χ4v) is 3.38. The summed E-state index contributed by atoms with van der Waals surface area (Å²) in [5.74, 6) is 1.98. The van der Waals surface area contributed by atoms with Crippen molar-refractivity contribution < 1.29 is 18.7 Å². The van der Waals surface area contributed by atoms with Gasteiger partial charge in [-0.3, -0.25) is 4.79 Å². The molecule has 0 saturated heterocycles. The quantitative estimate of drug-likeness (QED) is 0.328. The van der Waals surface area contributed by atoms with E-state index < -0.39 is 0 Å². The topological polar surface area (TPSA) is 61.6 Å². The first kappa shape index (κ1) is 21.1. The molecule has 1 unspecified atom stereocenters. The molecule has 2 aromatic carbocycles. The van der Waals surface area contributed by atoms with E-state index >= 15 is 0 Å². The predicted molar refractivity (Wildman–Crippen MR) is 115 cm³/mol. The van der Waals surface area contributed by atoms with Crippen molar-refractivity contribution in [2.75, 3.05) is 13.2 Å². The molecule has 0 aliphatic carbocycles. The van der Waals surface area contributed by atoms with E-state index in [1.807, 2.05) is 61.5 Å². The Balaban J connectivity index is 1.51. The van der Waals surface area contributed by atoms with E-state index in [1.54, 1.807) is 6.92 Å². The molecule has 0 N–H and O–H groups in total. The first-order chi connectivity index (χ1) is 14.1. The third-order valence-electron chi connectivity index (χ3n) is 4.40. The lowest BCUT2D eigenvalue weighted by molar-refractivity contribution is -0.142. The molecule has 0 saturated carbocycles. The molecule has 0 bridgehead atoms. The monoisotopic (exact) mass is 457 g/mol. The molecule has 3 rings (SSSR count). The van der Waals surface area contributed by atoms with Crippen LogP contribution in [0.1, 0.15) is 23.9 Å². The molecular weight excluding hydrogens is 434 g/mol. The predicted octanol–water partition coefficient (Wildman–Crippen LogP) is 5.14. The maximum atomic E-state index is 11.7. The van der Waals surface area contributed by atoms with Crippen LogP contribution in [0.15, 0.2) is 59.0 Å². The van der Waals surface area contributed by atoms with E-state index in [9.17, 15) is 4.79 Å². The van der Waals surface area contributed by atoms with Gasteiger partial charge in [-0.2, -0.15) is 0 Å². The summed E-state index contributed by atoms with van der Waals surface area (Å²) >= 11 is 3.37. The number of hydrogen-bond acceptors (Lipinski definition) is 5. The van der Waals surface area contributed by atoms with Crippen LogP contribution in [0, 0.1) is 6.92 Å². The Morgan fingerprint density at radius 1 is 1.14 bits per heavy atom. The van der Waals surface area contributed by atoms with Crippen molar-refractivity contribution in [3.63, 3.8) is 0 Å². The van der Waals surface area contributed by atoms with Gasteiger partial charge in [-0.05, 0) is 50.1 Å². The van der Waals surface area contributed by atoms with Gasteiger partial charge in [0, 0.05) is 12.0 Å². The van der Waals surface area contributed by atoms with Gasteiger partial charge in [-0.1, -0.05) is 46.3 Å². The third kappa shape index (κ3) is 5.94. The van der Waals surface area contributed by atoms with Crippen LogP contribution in [0.4, 0.5) is 0 Å². The van der Waals surface area contributed by atoms with Gasteiger partial charge < -0.3 is 13.9 Å². The zero-order valence-corrected chi connectivity index (χ0v) is 18.1. The smallest absolute Gasteiger partial charge is 0.320 e. The number of halogens is 1. The van der Waals surface area contributed by atoms with Crippen molar-refractivity contribution in [3.05, 3.63) is 71.6 Å². The molecule has 29 heavy (non-hydrogen) atoms. The standard InChI is InChI=1S/C23H24BrNO4/c1-3-27-23(26)20(24)15-17-9-11-19(12-10-17)28-14-13-21-16(2)29-22(25-21)18-7-5-4-6-8-18/h4-12,20H,3,13-15H2,1-2H3. The molecule has 5 nitrogen and oxygen atoms in total. The van der Waals surface area contributed by atoms with E-state index in [2.05, 4.69) is 20.9 Å². The van der Waals surface area contributed by atoms with Crippen LogP contribution >= 0.6 is 15.9 Å². The highest BCUT2D eigenvalue weighted by molar-refractivity contribution is 9.10. The number of aryl methyl sites for hydroxylation is 1. The van der Waals surface area contributed by atoms with Gasteiger partial charge in [0.1, 0.15) is 16.3 Å². The van der Waals surface area contributed by atoms with Crippen molar-refractivity contribution in [2.45, 2.75) is 31.5 Å².